The molecule has 20 heavy (non-hydrogen) atoms. The Morgan fingerprint density at radius 1 is 1.25 bits per heavy atom. The quantitative estimate of drug-likeness (QED) is 0.908. The summed E-state index contributed by atoms with van der Waals surface area (Å²) in [6.45, 7) is 15.5. The van der Waals surface area contributed by atoms with Crippen molar-refractivity contribution < 1.29 is 4.42 Å². The highest BCUT2D eigenvalue weighted by Gasteiger charge is 2.26. The third-order valence-corrected chi connectivity index (χ3v) is 4.22. The predicted octanol–water partition coefficient (Wildman–Crippen LogP) is 3.79. The molecule has 1 aromatic rings. The Bertz CT molecular complexity index is 418. The van der Waals surface area contributed by atoms with Crippen molar-refractivity contribution in [2.75, 3.05) is 13.1 Å². The molecule has 0 unspecified atom stereocenters. The summed E-state index contributed by atoms with van der Waals surface area (Å²) in [6.07, 6.45) is 4.38. The lowest BCUT2D eigenvalue weighted by Crippen LogP contribution is -2.37. The van der Waals surface area contributed by atoms with Gasteiger partial charge in [-0.15, -0.1) is 0 Å². The molecule has 2 heterocycles. The molecule has 0 saturated carbocycles. The fourth-order valence-corrected chi connectivity index (χ4v) is 2.54. The monoisotopic (exact) mass is 278 g/mol. The van der Waals surface area contributed by atoms with Gasteiger partial charge in [-0.1, -0.05) is 13.8 Å². The van der Waals surface area contributed by atoms with E-state index in [9.17, 15) is 0 Å². The summed E-state index contributed by atoms with van der Waals surface area (Å²) in [5.41, 5.74) is 1.95. The smallest absolute Gasteiger partial charge is 0.122 e. The van der Waals surface area contributed by atoms with Crippen molar-refractivity contribution in [2.45, 2.75) is 66.1 Å². The van der Waals surface area contributed by atoms with Crippen LogP contribution in [0.1, 0.15) is 58.8 Å². The van der Waals surface area contributed by atoms with Crippen molar-refractivity contribution >= 4 is 0 Å². The Morgan fingerprint density at radius 3 is 2.50 bits per heavy atom. The Labute approximate surface area is 123 Å². The lowest BCUT2D eigenvalue weighted by Gasteiger charge is -2.36. The molecule has 3 heteroatoms. The van der Waals surface area contributed by atoms with Crippen molar-refractivity contribution in [3.8, 4) is 0 Å². The first kappa shape index (κ1) is 15.6. The standard InChI is InChI=1S/C17H30N2O/c1-16(2,3)18-12-14-6-11-20-15(14)13-19-9-7-17(4,5)8-10-19/h6,11,18H,7-10,12-13H2,1-5H3. The first-order valence-corrected chi connectivity index (χ1v) is 7.78. The van der Waals surface area contributed by atoms with Gasteiger partial charge in [-0.25, -0.2) is 0 Å². The molecule has 1 aliphatic heterocycles. The van der Waals surface area contributed by atoms with E-state index in [2.05, 4.69) is 50.9 Å². The summed E-state index contributed by atoms with van der Waals surface area (Å²) in [6, 6.07) is 2.10. The largest absolute Gasteiger partial charge is 0.468 e. The number of likely N-dealkylation sites (tertiary alicyclic amines) is 1. The summed E-state index contributed by atoms with van der Waals surface area (Å²) in [4.78, 5) is 2.52. The molecule has 1 fully saturated rings. The van der Waals surface area contributed by atoms with Crippen LogP contribution in [0.25, 0.3) is 0 Å². The molecule has 1 saturated heterocycles. The second-order valence-electron chi connectivity index (χ2n) is 7.91. The number of hydrogen-bond donors (Lipinski definition) is 1. The van der Waals surface area contributed by atoms with Crippen LogP contribution in [0.5, 0.6) is 0 Å². The van der Waals surface area contributed by atoms with Gasteiger partial charge in [0.05, 0.1) is 12.8 Å². The molecular weight excluding hydrogens is 248 g/mol. The Morgan fingerprint density at radius 2 is 1.90 bits per heavy atom. The van der Waals surface area contributed by atoms with E-state index in [1.807, 2.05) is 6.26 Å². The van der Waals surface area contributed by atoms with Gasteiger partial charge in [0.1, 0.15) is 5.76 Å². The van der Waals surface area contributed by atoms with Crippen LogP contribution in [-0.2, 0) is 13.1 Å². The molecule has 0 spiro atoms. The van der Waals surface area contributed by atoms with Crippen LogP contribution in [0, 0.1) is 5.41 Å². The summed E-state index contributed by atoms with van der Waals surface area (Å²) < 4.78 is 5.70. The summed E-state index contributed by atoms with van der Waals surface area (Å²) >= 11 is 0. The lowest BCUT2D eigenvalue weighted by atomic mass is 9.82. The van der Waals surface area contributed by atoms with Gasteiger partial charge >= 0.3 is 0 Å². The Balaban J connectivity index is 1.89. The normalized spacial score (nSPS) is 20.2. The van der Waals surface area contributed by atoms with Gasteiger partial charge in [0, 0.05) is 17.6 Å². The zero-order chi connectivity index (χ0) is 14.8. The van der Waals surface area contributed by atoms with Crippen molar-refractivity contribution in [1.29, 1.82) is 0 Å². The van der Waals surface area contributed by atoms with E-state index >= 15 is 0 Å². The minimum atomic E-state index is 0.143. The van der Waals surface area contributed by atoms with E-state index in [1.165, 1.54) is 31.5 Å². The number of rotatable bonds is 4. The maximum absolute atomic E-state index is 5.70. The van der Waals surface area contributed by atoms with Gasteiger partial charge in [-0.3, -0.25) is 4.90 Å². The van der Waals surface area contributed by atoms with E-state index in [4.69, 9.17) is 4.42 Å². The number of piperidine rings is 1. The SMILES string of the molecule is CC1(C)CCN(Cc2occc2CNC(C)(C)C)CC1. The highest BCUT2D eigenvalue weighted by molar-refractivity contribution is 5.17. The van der Waals surface area contributed by atoms with Gasteiger partial charge < -0.3 is 9.73 Å². The van der Waals surface area contributed by atoms with E-state index in [0.29, 0.717) is 5.41 Å². The van der Waals surface area contributed by atoms with Crippen LogP contribution in [0.15, 0.2) is 16.7 Å². The fraction of sp³-hybridized carbons (Fsp3) is 0.765. The summed E-state index contributed by atoms with van der Waals surface area (Å²) in [5.74, 6) is 1.13. The maximum Gasteiger partial charge on any atom is 0.122 e. The zero-order valence-corrected chi connectivity index (χ0v) is 13.8. The summed E-state index contributed by atoms with van der Waals surface area (Å²) in [7, 11) is 0. The number of nitrogens with zero attached hydrogens (tertiary/aromatic N) is 1. The zero-order valence-electron chi connectivity index (χ0n) is 13.8. The second kappa shape index (κ2) is 5.90. The van der Waals surface area contributed by atoms with Crippen molar-refractivity contribution in [2.24, 2.45) is 5.41 Å². The lowest BCUT2D eigenvalue weighted by molar-refractivity contribution is 0.120. The third kappa shape index (κ3) is 4.64. The van der Waals surface area contributed by atoms with Crippen molar-refractivity contribution in [3.05, 3.63) is 23.7 Å². The van der Waals surface area contributed by atoms with Crippen LogP contribution in [0.2, 0.25) is 0 Å². The molecule has 1 N–H and O–H groups in total. The fourth-order valence-electron chi connectivity index (χ4n) is 2.54. The van der Waals surface area contributed by atoms with Gasteiger partial charge in [0.15, 0.2) is 0 Å². The molecule has 2 rings (SSSR count). The van der Waals surface area contributed by atoms with Crippen LogP contribution in [0.4, 0.5) is 0 Å². The number of hydrogen-bond acceptors (Lipinski definition) is 3. The molecule has 0 bridgehead atoms. The van der Waals surface area contributed by atoms with Crippen LogP contribution >= 0.6 is 0 Å². The minimum absolute atomic E-state index is 0.143. The average molecular weight is 278 g/mol. The topological polar surface area (TPSA) is 28.4 Å². The van der Waals surface area contributed by atoms with Gasteiger partial charge in [-0.05, 0) is 58.2 Å². The Kier molecular flexibility index (Phi) is 4.60. The first-order chi connectivity index (χ1) is 9.25. The molecule has 1 aliphatic rings. The van der Waals surface area contributed by atoms with Crippen LogP contribution < -0.4 is 5.32 Å². The highest BCUT2D eigenvalue weighted by Crippen LogP contribution is 2.30. The molecule has 0 aliphatic carbocycles. The minimum Gasteiger partial charge on any atom is -0.468 e. The predicted molar refractivity (Wildman–Crippen MR) is 83.6 cm³/mol. The second-order valence-corrected chi connectivity index (χ2v) is 7.91. The molecule has 3 nitrogen and oxygen atoms in total. The van der Waals surface area contributed by atoms with Gasteiger partial charge in [-0.2, -0.15) is 0 Å². The highest BCUT2D eigenvalue weighted by atomic mass is 16.3. The molecule has 0 atom stereocenters. The van der Waals surface area contributed by atoms with Gasteiger partial charge in [0.25, 0.3) is 0 Å². The third-order valence-electron chi connectivity index (χ3n) is 4.22. The van der Waals surface area contributed by atoms with E-state index in [-0.39, 0.29) is 5.54 Å². The van der Waals surface area contributed by atoms with Gasteiger partial charge in [0.2, 0.25) is 0 Å². The summed E-state index contributed by atoms with van der Waals surface area (Å²) in [5, 5.41) is 3.54. The van der Waals surface area contributed by atoms with Crippen LogP contribution in [0.3, 0.4) is 0 Å². The van der Waals surface area contributed by atoms with Crippen molar-refractivity contribution in [1.82, 2.24) is 10.2 Å². The molecule has 0 aromatic carbocycles. The number of nitrogens with one attached hydrogen (secondary N) is 1. The Hall–Kier alpha value is -0.800. The molecule has 114 valence electrons. The average Bonchev–Trinajstić information content (AvgIpc) is 2.76. The molecule has 0 amide bonds. The number of furan rings is 1. The molecule has 1 aromatic heterocycles. The van der Waals surface area contributed by atoms with Crippen LogP contribution in [-0.4, -0.2) is 23.5 Å². The van der Waals surface area contributed by atoms with E-state index in [1.54, 1.807) is 0 Å². The molecular formula is C17H30N2O. The maximum atomic E-state index is 5.70. The van der Waals surface area contributed by atoms with E-state index in [0.717, 1.165) is 18.8 Å². The first-order valence-electron chi connectivity index (χ1n) is 7.78. The van der Waals surface area contributed by atoms with Crippen molar-refractivity contribution in [3.63, 3.8) is 0 Å². The van der Waals surface area contributed by atoms with E-state index < -0.39 is 0 Å². The molecule has 0 radical (unpaired) electrons.